The summed E-state index contributed by atoms with van der Waals surface area (Å²) >= 11 is 1.81. The second-order valence-electron chi connectivity index (χ2n) is 7.06. The molecule has 7 heteroatoms. The summed E-state index contributed by atoms with van der Waals surface area (Å²) in [7, 11) is 1.96. The summed E-state index contributed by atoms with van der Waals surface area (Å²) in [5.74, 6) is 0.540. The zero-order valence-electron chi connectivity index (χ0n) is 15.1. The Labute approximate surface area is 164 Å². The van der Waals surface area contributed by atoms with Crippen molar-refractivity contribution in [1.82, 2.24) is 25.0 Å². The van der Waals surface area contributed by atoms with Crippen LogP contribution in [0.25, 0.3) is 43.9 Å². The van der Waals surface area contributed by atoms with E-state index in [0.717, 1.165) is 39.8 Å². The Morgan fingerprint density at radius 1 is 1.11 bits per heavy atom. The molecule has 0 amide bonds. The van der Waals surface area contributed by atoms with Gasteiger partial charge in [0.1, 0.15) is 5.82 Å². The third-order valence-electron chi connectivity index (χ3n) is 5.38. The number of aromatic amines is 1. The Balaban J connectivity index is 1.42. The van der Waals surface area contributed by atoms with E-state index in [1.807, 2.05) is 47.6 Å². The van der Waals surface area contributed by atoms with Crippen LogP contribution in [0.2, 0.25) is 0 Å². The second-order valence-corrected chi connectivity index (χ2v) is 8.20. The van der Waals surface area contributed by atoms with Crippen LogP contribution in [-0.2, 0) is 13.5 Å². The third-order valence-corrected chi connectivity index (χ3v) is 6.56. The van der Waals surface area contributed by atoms with E-state index in [9.17, 15) is 0 Å². The molecule has 6 rings (SSSR count). The number of nitrogens with zero attached hydrogens (tertiary/aromatic N) is 4. The number of pyridine rings is 1. The van der Waals surface area contributed by atoms with Crippen molar-refractivity contribution in [2.75, 3.05) is 5.73 Å². The maximum atomic E-state index is 5.71. The number of nitrogens with one attached hydrogen (secondary N) is 1. The molecule has 0 atom stereocenters. The summed E-state index contributed by atoms with van der Waals surface area (Å²) in [4.78, 5) is 6.77. The topological polar surface area (TPSA) is 85.4 Å². The summed E-state index contributed by atoms with van der Waals surface area (Å²) in [6.07, 6.45) is 4.62. The van der Waals surface area contributed by atoms with Crippen molar-refractivity contribution < 1.29 is 0 Å². The number of rotatable bonds is 2. The normalized spacial score (nSPS) is 12.5. The zero-order chi connectivity index (χ0) is 18.8. The maximum absolute atomic E-state index is 5.71. The highest BCUT2D eigenvalue weighted by Gasteiger charge is 2.28. The lowest BCUT2D eigenvalue weighted by atomic mass is 10.0. The lowest BCUT2D eigenvalue weighted by Gasteiger charge is -2.02. The van der Waals surface area contributed by atoms with Gasteiger partial charge in [-0.25, -0.2) is 4.98 Å². The Morgan fingerprint density at radius 3 is 2.86 bits per heavy atom. The predicted octanol–water partition coefficient (Wildman–Crippen LogP) is 4.24. The van der Waals surface area contributed by atoms with E-state index in [1.165, 1.54) is 20.9 Å². The molecule has 28 heavy (non-hydrogen) atoms. The molecule has 6 nitrogen and oxygen atoms in total. The molecule has 0 bridgehead atoms. The molecule has 5 aromatic rings. The molecule has 136 valence electrons. The molecular formula is C21H16N6S. The highest BCUT2D eigenvalue weighted by Crippen LogP contribution is 2.46. The van der Waals surface area contributed by atoms with E-state index < -0.39 is 0 Å². The van der Waals surface area contributed by atoms with Crippen molar-refractivity contribution in [3.8, 4) is 33.0 Å². The summed E-state index contributed by atoms with van der Waals surface area (Å²) < 4.78 is 1.90. The number of nitrogens with two attached hydrogens (primary N) is 1. The molecule has 0 unspecified atom stereocenters. The van der Waals surface area contributed by atoms with Crippen LogP contribution in [0.3, 0.4) is 0 Å². The molecule has 1 aromatic carbocycles. The molecule has 0 saturated carbocycles. The predicted molar refractivity (Wildman–Crippen MR) is 112 cm³/mol. The van der Waals surface area contributed by atoms with Gasteiger partial charge in [-0.2, -0.15) is 10.2 Å². The van der Waals surface area contributed by atoms with Gasteiger partial charge in [0.05, 0.1) is 23.1 Å². The van der Waals surface area contributed by atoms with Crippen LogP contribution in [0.4, 0.5) is 5.82 Å². The Morgan fingerprint density at radius 2 is 2.00 bits per heavy atom. The van der Waals surface area contributed by atoms with Gasteiger partial charge in [0, 0.05) is 57.1 Å². The summed E-state index contributed by atoms with van der Waals surface area (Å²) in [6, 6.07) is 12.5. The molecule has 0 spiro atoms. The SMILES string of the molecule is Cn1ncc2ccc(-c3n[nH]c4c3Cc3sc(-c5ccc(N)nc5)cc3-4)cc21. The lowest BCUT2D eigenvalue weighted by molar-refractivity contribution is 0.797. The minimum atomic E-state index is 0.540. The minimum Gasteiger partial charge on any atom is -0.384 e. The van der Waals surface area contributed by atoms with Crippen molar-refractivity contribution >= 4 is 28.1 Å². The largest absolute Gasteiger partial charge is 0.384 e. The number of anilines is 1. The minimum absolute atomic E-state index is 0.540. The fourth-order valence-corrected chi connectivity index (χ4v) is 5.08. The molecular weight excluding hydrogens is 368 g/mol. The van der Waals surface area contributed by atoms with Crippen molar-refractivity contribution in [3.05, 3.63) is 59.2 Å². The van der Waals surface area contributed by atoms with E-state index in [1.54, 1.807) is 0 Å². The van der Waals surface area contributed by atoms with Gasteiger partial charge in [0.15, 0.2) is 0 Å². The van der Waals surface area contributed by atoms with Crippen LogP contribution in [0, 0.1) is 0 Å². The molecule has 4 aromatic heterocycles. The third kappa shape index (κ3) is 2.16. The van der Waals surface area contributed by atoms with Crippen molar-refractivity contribution in [2.45, 2.75) is 6.42 Å². The number of nitrogen functional groups attached to an aromatic ring is 1. The maximum Gasteiger partial charge on any atom is 0.123 e. The number of aryl methyl sites for hydroxylation is 1. The van der Waals surface area contributed by atoms with E-state index in [2.05, 4.69) is 44.5 Å². The van der Waals surface area contributed by atoms with Gasteiger partial charge in [-0.3, -0.25) is 9.78 Å². The molecule has 1 aliphatic carbocycles. The van der Waals surface area contributed by atoms with E-state index in [-0.39, 0.29) is 0 Å². The molecule has 3 N–H and O–H groups in total. The molecule has 1 aliphatic rings. The first-order chi connectivity index (χ1) is 13.7. The zero-order valence-corrected chi connectivity index (χ0v) is 15.9. The Kier molecular flexibility index (Phi) is 3.08. The first-order valence-corrected chi connectivity index (χ1v) is 9.83. The number of fused-ring (bicyclic) bond motifs is 4. The standard InChI is InChI=1S/C21H16N6S/c1-27-16-6-11(2-3-12(16)10-24-27)20-15-8-18-14(21(15)26-25-20)7-17(28-18)13-4-5-19(22)23-9-13/h2-7,9-10H,8H2,1H3,(H2,22,23)(H,25,26). The second kappa shape index (κ2) is 5.53. The summed E-state index contributed by atoms with van der Waals surface area (Å²) in [5, 5.41) is 13.4. The van der Waals surface area contributed by atoms with Crippen molar-refractivity contribution in [1.29, 1.82) is 0 Å². The first kappa shape index (κ1) is 15.6. The van der Waals surface area contributed by atoms with Gasteiger partial charge < -0.3 is 5.73 Å². The fourth-order valence-electron chi connectivity index (χ4n) is 3.92. The van der Waals surface area contributed by atoms with Crippen molar-refractivity contribution in [2.24, 2.45) is 7.05 Å². The van der Waals surface area contributed by atoms with Gasteiger partial charge in [-0.05, 0) is 24.3 Å². The number of thiophene rings is 1. The van der Waals surface area contributed by atoms with E-state index in [0.29, 0.717) is 5.82 Å². The summed E-state index contributed by atoms with van der Waals surface area (Å²) in [6.45, 7) is 0. The fraction of sp³-hybridized carbons (Fsp3) is 0.0952. The van der Waals surface area contributed by atoms with E-state index >= 15 is 0 Å². The average Bonchev–Trinajstić information content (AvgIpc) is 3.44. The van der Waals surface area contributed by atoms with Crippen LogP contribution < -0.4 is 5.73 Å². The number of hydrogen-bond acceptors (Lipinski definition) is 5. The molecule has 0 radical (unpaired) electrons. The quantitative estimate of drug-likeness (QED) is 0.468. The van der Waals surface area contributed by atoms with Crippen LogP contribution in [-0.4, -0.2) is 25.0 Å². The Bertz CT molecular complexity index is 1360. The number of hydrogen-bond donors (Lipinski definition) is 2. The van der Waals surface area contributed by atoms with Gasteiger partial charge in [-0.1, -0.05) is 12.1 Å². The van der Waals surface area contributed by atoms with Crippen molar-refractivity contribution in [3.63, 3.8) is 0 Å². The van der Waals surface area contributed by atoms with Gasteiger partial charge in [-0.15, -0.1) is 11.3 Å². The molecule has 0 saturated heterocycles. The highest BCUT2D eigenvalue weighted by atomic mass is 32.1. The smallest absolute Gasteiger partial charge is 0.123 e. The lowest BCUT2D eigenvalue weighted by Crippen LogP contribution is -1.90. The van der Waals surface area contributed by atoms with Crippen LogP contribution in [0.1, 0.15) is 10.4 Å². The Hall–Kier alpha value is -3.45. The van der Waals surface area contributed by atoms with Crippen LogP contribution in [0.15, 0.2) is 48.8 Å². The number of benzene rings is 1. The highest BCUT2D eigenvalue weighted by molar-refractivity contribution is 7.16. The summed E-state index contributed by atoms with van der Waals surface area (Å²) in [5.41, 5.74) is 13.7. The number of aromatic nitrogens is 5. The first-order valence-electron chi connectivity index (χ1n) is 9.02. The van der Waals surface area contributed by atoms with Crippen LogP contribution in [0.5, 0.6) is 0 Å². The molecule has 0 fully saturated rings. The van der Waals surface area contributed by atoms with Gasteiger partial charge in [0.2, 0.25) is 0 Å². The monoisotopic (exact) mass is 384 g/mol. The van der Waals surface area contributed by atoms with E-state index in [4.69, 9.17) is 5.73 Å². The van der Waals surface area contributed by atoms with Gasteiger partial charge in [0.25, 0.3) is 0 Å². The van der Waals surface area contributed by atoms with Crippen LogP contribution >= 0.6 is 11.3 Å². The number of H-pyrrole nitrogens is 1. The molecule has 0 aliphatic heterocycles. The average molecular weight is 384 g/mol. The van der Waals surface area contributed by atoms with Gasteiger partial charge >= 0.3 is 0 Å². The molecule has 4 heterocycles.